The maximum absolute atomic E-state index is 12.1. The van der Waals surface area contributed by atoms with Crippen molar-refractivity contribution in [2.45, 2.75) is 31.7 Å². The smallest absolute Gasteiger partial charge is 0.314 e. The molecule has 5 heteroatoms. The monoisotopic (exact) mass is 357 g/mol. The lowest BCUT2D eigenvalue weighted by molar-refractivity contribution is 0.222. The summed E-state index contributed by atoms with van der Waals surface area (Å²) in [5.74, 6) is 0. The fraction of sp³-hybridized carbons (Fsp3) is 0.450. The number of urea groups is 1. The molecule has 0 radical (unpaired) electrons. The lowest BCUT2D eigenvalue weighted by atomic mass is 10.1. The molecule has 1 unspecified atom stereocenters. The van der Waals surface area contributed by atoms with E-state index in [4.69, 9.17) is 0 Å². The molecule has 25 heavy (non-hydrogen) atoms. The highest BCUT2D eigenvalue weighted by Crippen LogP contribution is 2.27. The molecular weight excluding hydrogens is 330 g/mol. The zero-order valence-corrected chi connectivity index (χ0v) is 15.4. The van der Waals surface area contributed by atoms with E-state index in [1.54, 1.807) is 11.3 Å². The highest BCUT2D eigenvalue weighted by Gasteiger charge is 2.24. The maximum atomic E-state index is 12.1. The molecule has 1 saturated heterocycles. The first kappa shape index (κ1) is 18.0. The summed E-state index contributed by atoms with van der Waals surface area (Å²) in [4.78, 5) is 15.9. The molecule has 1 fully saturated rings. The first-order valence-corrected chi connectivity index (χ1v) is 10.0. The van der Waals surface area contributed by atoms with Crippen LogP contribution in [0.15, 0.2) is 47.8 Å². The summed E-state index contributed by atoms with van der Waals surface area (Å²) in [5.41, 5.74) is 1.32. The second-order valence-corrected chi connectivity index (χ2v) is 7.48. The van der Waals surface area contributed by atoms with Crippen molar-refractivity contribution in [1.82, 2.24) is 15.5 Å². The highest BCUT2D eigenvalue weighted by atomic mass is 32.1. The topological polar surface area (TPSA) is 44.4 Å². The Hall–Kier alpha value is -1.85. The molecule has 4 nitrogen and oxygen atoms in total. The van der Waals surface area contributed by atoms with Crippen LogP contribution in [0.5, 0.6) is 0 Å². The number of likely N-dealkylation sites (tertiary alicyclic amines) is 1. The van der Waals surface area contributed by atoms with Crippen LogP contribution in [0, 0.1) is 0 Å². The molecule has 1 aromatic carbocycles. The van der Waals surface area contributed by atoms with Crippen LogP contribution in [0.4, 0.5) is 4.79 Å². The second-order valence-electron chi connectivity index (χ2n) is 6.50. The molecule has 2 aromatic rings. The summed E-state index contributed by atoms with van der Waals surface area (Å²) in [6, 6.07) is 14.9. The van der Waals surface area contributed by atoms with Gasteiger partial charge in [0.05, 0.1) is 6.04 Å². The number of rotatable bonds is 8. The number of carbonyl (C=O) groups is 1. The molecule has 3 rings (SSSR count). The molecule has 2 heterocycles. The summed E-state index contributed by atoms with van der Waals surface area (Å²) in [6.45, 7) is 3.63. The van der Waals surface area contributed by atoms with Crippen molar-refractivity contribution in [3.05, 3.63) is 58.3 Å². The van der Waals surface area contributed by atoms with E-state index >= 15 is 0 Å². The molecule has 1 aromatic heterocycles. The molecule has 1 atom stereocenters. The van der Waals surface area contributed by atoms with Crippen LogP contribution >= 0.6 is 11.3 Å². The van der Waals surface area contributed by atoms with E-state index in [2.05, 4.69) is 57.3 Å². The molecule has 2 N–H and O–H groups in total. The van der Waals surface area contributed by atoms with Crippen molar-refractivity contribution >= 4 is 17.4 Å². The zero-order chi connectivity index (χ0) is 17.3. The van der Waals surface area contributed by atoms with E-state index in [0.717, 1.165) is 25.9 Å². The zero-order valence-electron chi connectivity index (χ0n) is 14.6. The third-order valence-corrected chi connectivity index (χ3v) is 5.65. The summed E-state index contributed by atoms with van der Waals surface area (Å²) in [6.07, 6.45) is 4.46. The van der Waals surface area contributed by atoms with Crippen LogP contribution in [0.3, 0.4) is 0 Å². The second kappa shape index (κ2) is 9.59. The Morgan fingerprint density at radius 1 is 1.08 bits per heavy atom. The van der Waals surface area contributed by atoms with Gasteiger partial charge in [-0.05, 0) is 55.8 Å². The van der Waals surface area contributed by atoms with E-state index in [1.807, 2.05) is 6.07 Å². The Morgan fingerprint density at radius 2 is 1.88 bits per heavy atom. The molecule has 0 spiro atoms. The van der Waals surface area contributed by atoms with Crippen LogP contribution in [0.25, 0.3) is 0 Å². The minimum absolute atomic E-state index is 0.0613. The standard InChI is InChI=1S/C20H27N3OS/c24-20(21-12-6-10-17-8-2-1-3-9-17)22-16-18(19-11-7-15-25-19)23-13-4-5-14-23/h1-3,7-9,11,15,18H,4-6,10,12-14,16H2,(H2,21,22,24). The Kier molecular flexibility index (Phi) is 6.89. The average molecular weight is 358 g/mol. The van der Waals surface area contributed by atoms with Crippen LogP contribution in [0.1, 0.15) is 35.7 Å². The number of hydrogen-bond donors (Lipinski definition) is 2. The van der Waals surface area contributed by atoms with Crippen LogP contribution < -0.4 is 10.6 Å². The SMILES string of the molecule is O=C(NCCCc1ccccc1)NCC(c1cccs1)N1CCCC1. The molecular formula is C20H27N3OS. The van der Waals surface area contributed by atoms with Crippen LogP contribution in [0.2, 0.25) is 0 Å². The van der Waals surface area contributed by atoms with Gasteiger partial charge in [0, 0.05) is 18.0 Å². The van der Waals surface area contributed by atoms with Gasteiger partial charge in [-0.25, -0.2) is 4.79 Å². The normalized spacial score (nSPS) is 15.8. The predicted molar refractivity (Wildman–Crippen MR) is 104 cm³/mol. The third-order valence-electron chi connectivity index (χ3n) is 4.68. The number of nitrogens with one attached hydrogen (secondary N) is 2. The van der Waals surface area contributed by atoms with Crippen molar-refractivity contribution < 1.29 is 4.79 Å². The number of nitrogens with zero attached hydrogens (tertiary/aromatic N) is 1. The minimum atomic E-state index is -0.0613. The van der Waals surface area contributed by atoms with Gasteiger partial charge in [-0.2, -0.15) is 0 Å². The lowest BCUT2D eigenvalue weighted by Gasteiger charge is -2.26. The maximum Gasteiger partial charge on any atom is 0.314 e. The number of benzene rings is 1. The van der Waals surface area contributed by atoms with E-state index in [9.17, 15) is 4.79 Å². The molecule has 0 saturated carbocycles. The first-order chi connectivity index (χ1) is 12.3. The molecule has 1 aliphatic heterocycles. The Balaban J connectivity index is 1.39. The van der Waals surface area contributed by atoms with Gasteiger partial charge in [-0.15, -0.1) is 11.3 Å². The van der Waals surface area contributed by atoms with Gasteiger partial charge in [0.1, 0.15) is 0 Å². The van der Waals surface area contributed by atoms with Gasteiger partial charge in [-0.1, -0.05) is 36.4 Å². The molecule has 1 aliphatic rings. The summed E-state index contributed by atoms with van der Waals surface area (Å²) < 4.78 is 0. The Labute approximate surface area is 154 Å². The van der Waals surface area contributed by atoms with E-state index < -0.39 is 0 Å². The van der Waals surface area contributed by atoms with Gasteiger partial charge in [0.15, 0.2) is 0 Å². The number of amides is 2. The number of hydrogen-bond acceptors (Lipinski definition) is 3. The summed E-state index contributed by atoms with van der Waals surface area (Å²) in [7, 11) is 0. The fourth-order valence-corrected chi connectivity index (χ4v) is 4.20. The number of carbonyl (C=O) groups excluding carboxylic acids is 1. The van der Waals surface area contributed by atoms with Gasteiger partial charge in [0.2, 0.25) is 0 Å². The first-order valence-electron chi connectivity index (χ1n) is 9.16. The fourth-order valence-electron chi connectivity index (χ4n) is 3.33. The van der Waals surface area contributed by atoms with Crippen molar-refractivity contribution in [1.29, 1.82) is 0 Å². The van der Waals surface area contributed by atoms with E-state index in [0.29, 0.717) is 19.1 Å². The highest BCUT2D eigenvalue weighted by molar-refractivity contribution is 7.10. The summed E-state index contributed by atoms with van der Waals surface area (Å²) in [5, 5.41) is 8.15. The Morgan fingerprint density at radius 3 is 2.60 bits per heavy atom. The van der Waals surface area contributed by atoms with Gasteiger partial charge >= 0.3 is 6.03 Å². The van der Waals surface area contributed by atoms with Gasteiger partial charge < -0.3 is 10.6 Å². The molecule has 0 aliphatic carbocycles. The average Bonchev–Trinajstić information content (AvgIpc) is 3.34. The molecule has 0 bridgehead atoms. The largest absolute Gasteiger partial charge is 0.338 e. The number of aryl methyl sites for hydroxylation is 1. The molecule has 2 amide bonds. The van der Waals surface area contributed by atoms with Crippen molar-refractivity contribution in [3.63, 3.8) is 0 Å². The van der Waals surface area contributed by atoms with Crippen LogP contribution in [-0.4, -0.2) is 37.1 Å². The third kappa shape index (κ3) is 5.58. The van der Waals surface area contributed by atoms with Crippen LogP contribution in [-0.2, 0) is 6.42 Å². The van der Waals surface area contributed by atoms with Crippen molar-refractivity contribution in [3.8, 4) is 0 Å². The van der Waals surface area contributed by atoms with Gasteiger partial charge in [0.25, 0.3) is 0 Å². The quantitative estimate of drug-likeness (QED) is 0.706. The van der Waals surface area contributed by atoms with E-state index in [-0.39, 0.29) is 6.03 Å². The predicted octanol–water partition coefficient (Wildman–Crippen LogP) is 3.82. The number of thiophene rings is 1. The van der Waals surface area contributed by atoms with Crippen molar-refractivity contribution in [2.75, 3.05) is 26.2 Å². The summed E-state index contributed by atoms with van der Waals surface area (Å²) >= 11 is 1.78. The van der Waals surface area contributed by atoms with Crippen molar-refractivity contribution in [2.24, 2.45) is 0 Å². The lowest BCUT2D eigenvalue weighted by Crippen LogP contribution is -2.41. The van der Waals surface area contributed by atoms with E-state index in [1.165, 1.54) is 23.3 Å². The Bertz CT molecular complexity index is 624. The van der Waals surface area contributed by atoms with Gasteiger partial charge in [-0.3, -0.25) is 4.90 Å². The molecule has 134 valence electrons. The minimum Gasteiger partial charge on any atom is -0.338 e.